The van der Waals surface area contributed by atoms with Crippen LogP contribution in [0.15, 0.2) is 0 Å². The number of carbonyl (C=O) groups excluding carboxylic acids is 4. The molecule has 0 aliphatic heterocycles. The largest absolute Gasteiger partial charge is 0.465 e. The molecule has 0 rings (SSSR count). The van der Waals surface area contributed by atoms with Crippen LogP contribution in [0.4, 0.5) is 0 Å². The zero-order chi connectivity index (χ0) is 23.0. The zero-order valence-electron chi connectivity index (χ0n) is 19.1. The number of carbonyl (C=O) groups is 4. The average Bonchev–Trinajstić information content (AvgIpc) is 2.75. The molecule has 0 fully saturated rings. The van der Waals surface area contributed by atoms with Crippen LogP contribution < -0.4 is 0 Å². The van der Waals surface area contributed by atoms with E-state index >= 15 is 0 Å². The Morgan fingerprint density at radius 1 is 0.600 bits per heavy atom. The molecule has 0 aliphatic rings. The summed E-state index contributed by atoms with van der Waals surface area (Å²) in [5.74, 6) is -5.56. The zero-order valence-corrected chi connectivity index (χ0v) is 19.1. The number of hydrogen-bond donors (Lipinski definition) is 0. The fraction of sp³-hybridized carbons (Fsp3) is 0.818. The van der Waals surface area contributed by atoms with E-state index in [-0.39, 0.29) is 32.8 Å². The van der Waals surface area contributed by atoms with Gasteiger partial charge < -0.3 is 18.9 Å². The predicted octanol–water partition coefficient (Wildman–Crippen LogP) is 3.59. The summed E-state index contributed by atoms with van der Waals surface area (Å²) >= 11 is 0. The SMILES string of the molecule is CCCCC(C(=O)OCCC)C(C(=O)OCCC)(C(=O)OCCC)C(=O)OCCC. The van der Waals surface area contributed by atoms with E-state index in [1.54, 1.807) is 20.8 Å². The normalized spacial score (nSPS) is 12.0. The highest BCUT2D eigenvalue weighted by Crippen LogP contribution is 2.38. The third kappa shape index (κ3) is 7.61. The van der Waals surface area contributed by atoms with Crippen molar-refractivity contribution in [1.29, 1.82) is 0 Å². The van der Waals surface area contributed by atoms with Gasteiger partial charge in [0.25, 0.3) is 5.41 Å². The van der Waals surface area contributed by atoms with Gasteiger partial charge in [-0.25, -0.2) is 0 Å². The van der Waals surface area contributed by atoms with E-state index in [0.29, 0.717) is 38.5 Å². The van der Waals surface area contributed by atoms with Crippen LogP contribution in [0.2, 0.25) is 0 Å². The predicted molar refractivity (Wildman–Crippen MR) is 110 cm³/mol. The second-order valence-electron chi connectivity index (χ2n) is 7.08. The lowest BCUT2D eigenvalue weighted by molar-refractivity contribution is -0.195. The van der Waals surface area contributed by atoms with Gasteiger partial charge in [0.05, 0.1) is 32.3 Å². The van der Waals surface area contributed by atoms with E-state index in [1.807, 2.05) is 13.8 Å². The Hall–Kier alpha value is -2.12. The van der Waals surface area contributed by atoms with E-state index in [0.717, 1.165) is 0 Å². The molecule has 0 aliphatic carbocycles. The lowest BCUT2D eigenvalue weighted by Gasteiger charge is -2.33. The van der Waals surface area contributed by atoms with E-state index in [9.17, 15) is 19.2 Å². The van der Waals surface area contributed by atoms with Crippen LogP contribution in [0.5, 0.6) is 0 Å². The number of ether oxygens (including phenoxy) is 4. The van der Waals surface area contributed by atoms with Crippen molar-refractivity contribution in [2.75, 3.05) is 26.4 Å². The van der Waals surface area contributed by atoms with E-state index < -0.39 is 35.2 Å². The molecule has 0 aromatic rings. The van der Waals surface area contributed by atoms with E-state index in [1.165, 1.54) is 0 Å². The number of esters is 4. The van der Waals surface area contributed by atoms with Crippen LogP contribution in [0.25, 0.3) is 0 Å². The monoisotopic (exact) mass is 430 g/mol. The van der Waals surface area contributed by atoms with Gasteiger partial charge in [-0.1, -0.05) is 47.5 Å². The van der Waals surface area contributed by atoms with Crippen LogP contribution in [-0.4, -0.2) is 50.3 Å². The number of rotatable bonds is 16. The maximum atomic E-state index is 13.2. The van der Waals surface area contributed by atoms with Gasteiger partial charge in [0.15, 0.2) is 0 Å². The first kappa shape index (κ1) is 27.9. The summed E-state index contributed by atoms with van der Waals surface area (Å²) in [6.07, 6.45) is 3.27. The van der Waals surface area contributed by atoms with Crippen molar-refractivity contribution < 1.29 is 38.1 Å². The van der Waals surface area contributed by atoms with Gasteiger partial charge in [-0.05, 0) is 32.1 Å². The summed E-state index contributed by atoms with van der Waals surface area (Å²) in [4.78, 5) is 52.5. The van der Waals surface area contributed by atoms with Crippen LogP contribution in [0.1, 0.15) is 79.6 Å². The molecule has 1 unspecified atom stereocenters. The summed E-state index contributed by atoms with van der Waals surface area (Å²) in [5.41, 5.74) is -2.54. The first-order valence-electron chi connectivity index (χ1n) is 11.1. The maximum absolute atomic E-state index is 13.2. The molecule has 0 saturated carbocycles. The molecule has 1 atom stereocenters. The van der Waals surface area contributed by atoms with Crippen molar-refractivity contribution in [3.05, 3.63) is 0 Å². The highest BCUT2D eigenvalue weighted by atomic mass is 16.6. The molecule has 0 aromatic carbocycles. The second kappa shape index (κ2) is 15.7. The van der Waals surface area contributed by atoms with Crippen LogP contribution >= 0.6 is 0 Å². The molecule has 8 nitrogen and oxygen atoms in total. The van der Waals surface area contributed by atoms with Crippen LogP contribution in [0.3, 0.4) is 0 Å². The number of unbranched alkanes of at least 4 members (excludes halogenated alkanes) is 1. The molecule has 0 aromatic heterocycles. The number of hydrogen-bond acceptors (Lipinski definition) is 8. The van der Waals surface area contributed by atoms with Gasteiger partial charge in [0.2, 0.25) is 0 Å². The van der Waals surface area contributed by atoms with Gasteiger partial charge in [-0.3, -0.25) is 19.2 Å². The summed E-state index contributed by atoms with van der Waals surface area (Å²) in [6.45, 7) is 9.15. The molecule has 0 spiro atoms. The molecule has 0 bridgehead atoms. The van der Waals surface area contributed by atoms with Crippen molar-refractivity contribution in [2.45, 2.75) is 79.6 Å². The summed E-state index contributed by atoms with van der Waals surface area (Å²) in [7, 11) is 0. The Balaban J connectivity index is 6.50. The Bertz CT molecular complexity index is 493. The molecule has 0 amide bonds. The Morgan fingerprint density at radius 2 is 0.967 bits per heavy atom. The fourth-order valence-corrected chi connectivity index (χ4v) is 2.83. The topological polar surface area (TPSA) is 105 Å². The van der Waals surface area contributed by atoms with Crippen LogP contribution in [0, 0.1) is 11.3 Å². The summed E-state index contributed by atoms with van der Waals surface area (Å²) in [5, 5.41) is 0. The quantitative estimate of drug-likeness (QED) is 0.208. The lowest BCUT2D eigenvalue weighted by atomic mass is 9.72. The average molecular weight is 431 g/mol. The molecular formula is C22H38O8. The minimum atomic E-state index is -2.54. The smallest absolute Gasteiger partial charge is 0.336 e. The summed E-state index contributed by atoms with van der Waals surface area (Å²) in [6, 6.07) is 0. The molecule has 0 radical (unpaired) electrons. The van der Waals surface area contributed by atoms with Crippen molar-refractivity contribution in [1.82, 2.24) is 0 Å². The molecular weight excluding hydrogens is 392 g/mol. The molecule has 0 saturated heterocycles. The third-order valence-corrected chi connectivity index (χ3v) is 4.38. The standard InChI is InChI=1S/C22H38O8/c1-6-11-12-17(18(23)27-13-7-2)22(19(24)28-14-8-3,20(25)29-15-9-4)21(26)30-16-10-5/h17H,6-16H2,1-5H3. The second-order valence-corrected chi connectivity index (χ2v) is 7.08. The fourth-order valence-electron chi connectivity index (χ4n) is 2.83. The van der Waals surface area contributed by atoms with Gasteiger partial charge in [0.1, 0.15) is 0 Å². The maximum Gasteiger partial charge on any atom is 0.336 e. The Kier molecular flexibility index (Phi) is 14.6. The molecule has 0 N–H and O–H groups in total. The first-order valence-corrected chi connectivity index (χ1v) is 11.1. The molecule has 30 heavy (non-hydrogen) atoms. The van der Waals surface area contributed by atoms with E-state index in [4.69, 9.17) is 18.9 Å². The van der Waals surface area contributed by atoms with E-state index in [2.05, 4.69) is 0 Å². The Morgan fingerprint density at radius 3 is 1.30 bits per heavy atom. The van der Waals surface area contributed by atoms with Gasteiger partial charge in [-0.15, -0.1) is 0 Å². The third-order valence-electron chi connectivity index (χ3n) is 4.38. The van der Waals surface area contributed by atoms with Crippen molar-refractivity contribution in [2.24, 2.45) is 11.3 Å². The minimum Gasteiger partial charge on any atom is -0.465 e. The minimum absolute atomic E-state index is 0.00674. The van der Waals surface area contributed by atoms with Crippen LogP contribution in [-0.2, 0) is 38.1 Å². The molecule has 174 valence electrons. The first-order chi connectivity index (χ1) is 14.4. The molecule has 8 heteroatoms. The van der Waals surface area contributed by atoms with Gasteiger partial charge in [0, 0.05) is 0 Å². The van der Waals surface area contributed by atoms with Crippen molar-refractivity contribution >= 4 is 23.9 Å². The van der Waals surface area contributed by atoms with Gasteiger partial charge >= 0.3 is 23.9 Å². The lowest BCUT2D eigenvalue weighted by Crippen LogP contribution is -2.57. The molecule has 0 heterocycles. The Labute approximate surface area is 180 Å². The summed E-state index contributed by atoms with van der Waals surface area (Å²) < 4.78 is 20.9. The van der Waals surface area contributed by atoms with Gasteiger partial charge in [-0.2, -0.15) is 0 Å². The highest BCUT2D eigenvalue weighted by Gasteiger charge is 2.65. The van der Waals surface area contributed by atoms with Crippen molar-refractivity contribution in [3.63, 3.8) is 0 Å². The highest BCUT2D eigenvalue weighted by molar-refractivity contribution is 6.20. The van der Waals surface area contributed by atoms with Crippen molar-refractivity contribution in [3.8, 4) is 0 Å².